The summed E-state index contributed by atoms with van der Waals surface area (Å²) in [5.74, 6) is 0.135. The number of carbonyl (C=O) groups excluding carboxylic acids is 2. The van der Waals surface area contributed by atoms with Crippen molar-refractivity contribution < 1.29 is 14.0 Å². The zero-order valence-corrected chi connectivity index (χ0v) is 22.2. The van der Waals surface area contributed by atoms with E-state index in [2.05, 4.69) is 5.32 Å². The Morgan fingerprint density at radius 2 is 1.61 bits per heavy atom. The van der Waals surface area contributed by atoms with E-state index in [1.165, 1.54) is 17.8 Å². The lowest BCUT2D eigenvalue weighted by molar-refractivity contribution is -0.139. The van der Waals surface area contributed by atoms with Gasteiger partial charge in [0.2, 0.25) is 11.8 Å². The number of carbonyl (C=O) groups is 2. The minimum Gasteiger partial charge on any atom is -0.354 e. The number of nitrogens with zero attached hydrogens (tertiary/aromatic N) is 1. The summed E-state index contributed by atoms with van der Waals surface area (Å²) in [4.78, 5) is 28.6. The number of rotatable bonds is 12. The molecule has 0 aliphatic carbocycles. The van der Waals surface area contributed by atoms with Crippen molar-refractivity contribution in [3.63, 3.8) is 0 Å². The predicted molar refractivity (Wildman–Crippen MR) is 146 cm³/mol. The second kappa shape index (κ2) is 14.0. The van der Waals surface area contributed by atoms with Gasteiger partial charge in [0.25, 0.3) is 0 Å². The molecular weight excluding hydrogens is 495 g/mol. The van der Waals surface area contributed by atoms with Crippen molar-refractivity contribution in [1.82, 2.24) is 10.2 Å². The summed E-state index contributed by atoms with van der Waals surface area (Å²) >= 11 is 7.40. The first kappa shape index (κ1) is 27.8. The highest BCUT2D eigenvalue weighted by Gasteiger charge is 2.30. The maximum Gasteiger partial charge on any atom is 0.243 e. The van der Waals surface area contributed by atoms with E-state index < -0.39 is 6.04 Å². The Kier molecular flexibility index (Phi) is 10.8. The van der Waals surface area contributed by atoms with Crippen molar-refractivity contribution in [2.24, 2.45) is 5.92 Å². The van der Waals surface area contributed by atoms with Crippen molar-refractivity contribution in [2.45, 2.75) is 38.6 Å². The lowest BCUT2D eigenvalue weighted by atomic mass is 10.0. The number of hydrogen-bond acceptors (Lipinski definition) is 3. The Morgan fingerprint density at radius 1 is 0.944 bits per heavy atom. The molecule has 0 radical (unpaired) electrons. The average Bonchev–Trinajstić information content (AvgIpc) is 2.87. The van der Waals surface area contributed by atoms with Crippen LogP contribution >= 0.6 is 23.4 Å². The highest BCUT2D eigenvalue weighted by molar-refractivity contribution is 7.99. The smallest absolute Gasteiger partial charge is 0.243 e. The molecular formula is C29H32ClFN2O2S. The van der Waals surface area contributed by atoms with Gasteiger partial charge in [0.15, 0.2) is 0 Å². The summed E-state index contributed by atoms with van der Waals surface area (Å²) in [6, 6.07) is 22.8. The molecule has 0 saturated carbocycles. The van der Waals surface area contributed by atoms with E-state index in [1.807, 2.05) is 56.3 Å². The van der Waals surface area contributed by atoms with Gasteiger partial charge in [-0.25, -0.2) is 4.39 Å². The molecule has 1 atom stereocenters. The van der Waals surface area contributed by atoms with Gasteiger partial charge in [0, 0.05) is 30.3 Å². The van der Waals surface area contributed by atoms with Crippen LogP contribution in [0.2, 0.25) is 5.02 Å². The standard InChI is InChI=1S/C29H32ClFN2O2S/c1-21(2)17-32-29(35)27(16-22-8-4-3-5-9-22)33(18-23-12-14-25(30)15-13-23)28(34)20-36-19-24-10-6-7-11-26(24)31/h3-15,21,27H,16-20H2,1-2H3,(H,32,35). The molecule has 0 aliphatic heterocycles. The van der Waals surface area contributed by atoms with Gasteiger partial charge in [-0.05, 0) is 40.8 Å². The number of benzene rings is 3. The Balaban J connectivity index is 1.84. The lowest BCUT2D eigenvalue weighted by Crippen LogP contribution is -2.51. The lowest BCUT2D eigenvalue weighted by Gasteiger charge is -2.32. The number of thioether (sulfide) groups is 1. The zero-order valence-electron chi connectivity index (χ0n) is 20.6. The topological polar surface area (TPSA) is 49.4 Å². The second-order valence-electron chi connectivity index (χ2n) is 9.08. The molecule has 0 bridgehead atoms. The summed E-state index contributed by atoms with van der Waals surface area (Å²) in [6.45, 7) is 4.85. The van der Waals surface area contributed by atoms with Gasteiger partial charge in [0.1, 0.15) is 11.9 Å². The van der Waals surface area contributed by atoms with E-state index in [0.717, 1.165) is 11.1 Å². The van der Waals surface area contributed by atoms with Crippen LogP contribution in [0.1, 0.15) is 30.5 Å². The third kappa shape index (κ3) is 8.68. The molecule has 0 heterocycles. The molecule has 0 spiro atoms. The predicted octanol–water partition coefficient (Wildman–Crippen LogP) is 6.12. The molecule has 36 heavy (non-hydrogen) atoms. The minimum atomic E-state index is -0.691. The molecule has 4 nitrogen and oxygen atoms in total. The van der Waals surface area contributed by atoms with E-state index in [0.29, 0.717) is 29.3 Å². The van der Waals surface area contributed by atoms with Gasteiger partial charge >= 0.3 is 0 Å². The Hall–Kier alpha value is -2.83. The van der Waals surface area contributed by atoms with Crippen molar-refractivity contribution >= 4 is 35.2 Å². The molecule has 1 N–H and O–H groups in total. The zero-order chi connectivity index (χ0) is 25.9. The summed E-state index contributed by atoms with van der Waals surface area (Å²) < 4.78 is 14.0. The molecule has 3 aromatic carbocycles. The maximum atomic E-state index is 14.0. The van der Waals surface area contributed by atoms with Crippen LogP contribution in [0.4, 0.5) is 4.39 Å². The fourth-order valence-electron chi connectivity index (χ4n) is 3.71. The van der Waals surface area contributed by atoms with Crippen LogP contribution in [0.3, 0.4) is 0 Å². The van der Waals surface area contributed by atoms with Crippen LogP contribution in [0, 0.1) is 11.7 Å². The normalized spacial score (nSPS) is 11.8. The summed E-state index contributed by atoms with van der Waals surface area (Å²) in [5, 5.41) is 3.62. The second-order valence-corrected chi connectivity index (χ2v) is 10.5. The molecule has 3 aromatic rings. The molecule has 0 aliphatic rings. The molecule has 1 unspecified atom stereocenters. The summed E-state index contributed by atoms with van der Waals surface area (Å²) in [6.07, 6.45) is 0.391. The SMILES string of the molecule is CC(C)CNC(=O)C(Cc1ccccc1)N(Cc1ccc(Cl)cc1)C(=O)CSCc1ccccc1F. The third-order valence-corrected chi connectivity index (χ3v) is 6.88. The van der Waals surface area contributed by atoms with Crippen molar-refractivity contribution in [3.05, 3.63) is 106 Å². The van der Waals surface area contributed by atoms with E-state index in [-0.39, 0.29) is 35.8 Å². The summed E-state index contributed by atoms with van der Waals surface area (Å²) in [5.41, 5.74) is 2.40. The monoisotopic (exact) mass is 526 g/mol. The Bertz CT molecular complexity index is 1130. The van der Waals surface area contributed by atoms with E-state index >= 15 is 0 Å². The fourth-order valence-corrected chi connectivity index (χ4v) is 4.73. The van der Waals surface area contributed by atoms with Gasteiger partial charge in [-0.2, -0.15) is 0 Å². The molecule has 0 aromatic heterocycles. The first-order valence-electron chi connectivity index (χ1n) is 12.0. The Labute approximate surface area is 222 Å². The molecule has 0 saturated heterocycles. The van der Waals surface area contributed by atoms with Gasteiger partial charge in [0.05, 0.1) is 5.75 Å². The van der Waals surface area contributed by atoms with Gasteiger partial charge in [-0.1, -0.05) is 86.1 Å². The molecule has 3 rings (SSSR count). The van der Waals surface area contributed by atoms with Crippen molar-refractivity contribution in [1.29, 1.82) is 0 Å². The van der Waals surface area contributed by atoms with Crippen LogP contribution < -0.4 is 5.32 Å². The largest absolute Gasteiger partial charge is 0.354 e. The number of nitrogens with one attached hydrogen (secondary N) is 1. The van der Waals surface area contributed by atoms with Crippen molar-refractivity contribution in [3.8, 4) is 0 Å². The van der Waals surface area contributed by atoms with E-state index in [1.54, 1.807) is 35.2 Å². The van der Waals surface area contributed by atoms with E-state index in [4.69, 9.17) is 11.6 Å². The van der Waals surface area contributed by atoms with Crippen LogP contribution in [-0.2, 0) is 28.3 Å². The fraction of sp³-hybridized carbons (Fsp3) is 0.310. The summed E-state index contributed by atoms with van der Waals surface area (Å²) in [7, 11) is 0. The molecule has 2 amide bonds. The van der Waals surface area contributed by atoms with Crippen LogP contribution in [0.15, 0.2) is 78.9 Å². The van der Waals surface area contributed by atoms with Gasteiger partial charge in [-0.15, -0.1) is 11.8 Å². The quantitative estimate of drug-likeness (QED) is 0.309. The molecule has 7 heteroatoms. The molecule has 0 fully saturated rings. The van der Waals surface area contributed by atoms with Crippen molar-refractivity contribution in [2.75, 3.05) is 12.3 Å². The third-order valence-electron chi connectivity index (χ3n) is 5.66. The highest BCUT2D eigenvalue weighted by Crippen LogP contribution is 2.20. The number of halogens is 2. The molecule has 190 valence electrons. The maximum absolute atomic E-state index is 14.0. The first-order chi connectivity index (χ1) is 17.3. The van der Waals surface area contributed by atoms with Crippen LogP contribution in [0.25, 0.3) is 0 Å². The number of amides is 2. The minimum absolute atomic E-state index is 0.130. The highest BCUT2D eigenvalue weighted by atomic mass is 35.5. The van der Waals surface area contributed by atoms with E-state index in [9.17, 15) is 14.0 Å². The van der Waals surface area contributed by atoms with Crippen LogP contribution in [0.5, 0.6) is 0 Å². The average molecular weight is 527 g/mol. The Morgan fingerprint density at radius 3 is 2.28 bits per heavy atom. The first-order valence-corrected chi connectivity index (χ1v) is 13.5. The van der Waals surface area contributed by atoms with Gasteiger partial charge in [-0.3, -0.25) is 9.59 Å². The van der Waals surface area contributed by atoms with Gasteiger partial charge < -0.3 is 10.2 Å². The number of hydrogen-bond donors (Lipinski definition) is 1. The van der Waals surface area contributed by atoms with Crippen LogP contribution in [-0.4, -0.2) is 35.1 Å².